The van der Waals surface area contributed by atoms with Crippen molar-refractivity contribution in [3.8, 4) is 0 Å². The van der Waals surface area contributed by atoms with E-state index in [2.05, 4.69) is 5.32 Å². The highest BCUT2D eigenvalue weighted by Gasteiger charge is 2.29. The van der Waals surface area contributed by atoms with Crippen molar-refractivity contribution in [2.24, 2.45) is 5.92 Å². The van der Waals surface area contributed by atoms with Gasteiger partial charge in [-0.25, -0.2) is 9.18 Å². The topological polar surface area (TPSA) is 72.9 Å². The summed E-state index contributed by atoms with van der Waals surface area (Å²) in [6.45, 7) is 2.38. The van der Waals surface area contributed by atoms with Crippen molar-refractivity contribution in [1.82, 2.24) is 10.2 Å². The molecule has 0 atom stereocenters. The zero-order chi connectivity index (χ0) is 18.7. The molecule has 26 heavy (non-hydrogen) atoms. The van der Waals surface area contributed by atoms with E-state index in [4.69, 9.17) is 16.7 Å². The number of rotatable bonds is 3. The van der Waals surface area contributed by atoms with Crippen molar-refractivity contribution in [3.05, 3.63) is 29.0 Å². The number of halogens is 2. The van der Waals surface area contributed by atoms with E-state index < -0.39 is 5.97 Å². The first-order chi connectivity index (χ1) is 12.4. The first-order valence-corrected chi connectivity index (χ1v) is 9.30. The van der Waals surface area contributed by atoms with E-state index in [1.54, 1.807) is 11.0 Å². The largest absolute Gasteiger partial charge is 0.481 e. The average Bonchev–Trinajstić information content (AvgIpc) is 2.62. The van der Waals surface area contributed by atoms with Gasteiger partial charge in [0.05, 0.1) is 16.6 Å². The van der Waals surface area contributed by atoms with Gasteiger partial charge in [0.1, 0.15) is 5.82 Å². The fourth-order valence-corrected chi connectivity index (χ4v) is 3.93. The highest BCUT2D eigenvalue weighted by Crippen LogP contribution is 2.28. The van der Waals surface area contributed by atoms with E-state index in [1.807, 2.05) is 4.90 Å². The van der Waals surface area contributed by atoms with Gasteiger partial charge in [0, 0.05) is 32.2 Å². The second-order valence-corrected chi connectivity index (χ2v) is 7.31. The Hall–Kier alpha value is -2.02. The maximum absolute atomic E-state index is 13.2. The molecule has 0 bridgehead atoms. The average molecular weight is 384 g/mol. The van der Waals surface area contributed by atoms with Crippen LogP contribution in [0.25, 0.3) is 0 Å². The standard InChI is InChI=1S/C18H23ClFN3O3/c19-15-11-13(20)3-6-16(15)22-7-9-23(10-8-22)18(26)21-14-4-1-12(2-5-14)17(24)25/h3,6,11-12,14H,1-2,4-5,7-10H2,(H,21,26)(H,24,25). The zero-order valence-corrected chi connectivity index (χ0v) is 15.2. The number of nitrogens with one attached hydrogen (secondary N) is 1. The Morgan fingerprint density at radius 3 is 2.35 bits per heavy atom. The number of hydrogen-bond donors (Lipinski definition) is 2. The third kappa shape index (κ3) is 4.38. The molecule has 8 heteroatoms. The summed E-state index contributed by atoms with van der Waals surface area (Å²) in [5.41, 5.74) is 0.778. The molecule has 2 aliphatic rings. The van der Waals surface area contributed by atoms with E-state index in [1.165, 1.54) is 12.1 Å². The third-order valence-corrected chi connectivity index (χ3v) is 5.52. The SMILES string of the molecule is O=C(O)C1CCC(NC(=O)N2CCN(c3ccc(F)cc3Cl)CC2)CC1. The van der Waals surface area contributed by atoms with E-state index >= 15 is 0 Å². The molecule has 2 amide bonds. The van der Waals surface area contributed by atoms with Crippen molar-refractivity contribution < 1.29 is 19.1 Å². The van der Waals surface area contributed by atoms with Crippen LogP contribution in [-0.4, -0.2) is 54.2 Å². The number of carbonyl (C=O) groups is 2. The Morgan fingerprint density at radius 1 is 1.12 bits per heavy atom. The van der Waals surface area contributed by atoms with Crippen LogP contribution < -0.4 is 10.2 Å². The molecule has 2 fully saturated rings. The van der Waals surface area contributed by atoms with Gasteiger partial charge in [-0.2, -0.15) is 0 Å². The van der Waals surface area contributed by atoms with Crippen molar-refractivity contribution in [2.75, 3.05) is 31.1 Å². The summed E-state index contributed by atoms with van der Waals surface area (Å²) < 4.78 is 13.2. The number of piperazine rings is 1. The highest BCUT2D eigenvalue weighted by atomic mass is 35.5. The van der Waals surface area contributed by atoms with Crippen LogP contribution in [0.5, 0.6) is 0 Å². The molecule has 1 aliphatic carbocycles. The lowest BCUT2D eigenvalue weighted by Gasteiger charge is -2.37. The fraction of sp³-hybridized carbons (Fsp3) is 0.556. The van der Waals surface area contributed by atoms with Gasteiger partial charge < -0.3 is 20.2 Å². The number of amides is 2. The molecule has 0 aromatic heterocycles. The number of carbonyl (C=O) groups excluding carboxylic acids is 1. The Kier molecular flexibility index (Phi) is 5.86. The molecular formula is C18H23ClFN3O3. The molecular weight excluding hydrogens is 361 g/mol. The predicted octanol–water partition coefficient (Wildman–Crippen LogP) is 2.95. The molecule has 3 rings (SSSR count). The van der Waals surface area contributed by atoms with Crippen LogP contribution in [0.2, 0.25) is 5.02 Å². The lowest BCUT2D eigenvalue weighted by molar-refractivity contribution is -0.142. The maximum atomic E-state index is 13.2. The number of aliphatic carboxylic acids is 1. The van der Waals surface area contributed by atoms with Crippen LogP contribution in [0.4, 0.5) is 14.9 Å². The number of carboxylic acid groups (broad SMARTS) is 1. The van der Waals surface area contributed by atoms with Crippen LogP contribution in [0.3, 0.4) is 0 Å². The van der Waals surface area contributed by atoms with Gasteiger partial charge in [0.2, 0.25) is 0 Å². The lowest BCUT2D eigenvalue weighted by Crippen LogP contribution is -2.54. The Morgan fingerprint density at radius 2 is 1.77 bits per heavy atom. The van der Waals surface area contributed by atoms with Crippen LogP contribution in [0.1, 0.15) is 25.7 Å². The van der Waals surface area contributed by atoms with Gasteiger partial charge in [0.25, 0.3) is 0 Å². The van der Waals surface area contributed by atoms with Gasteiger partial charge in [-0.1, -0.05) is 11.6 Å². The molecule has 1 aromatic rings. The summed E-state index contributed by atoms with van der Waals surface area (Å²) >= 11 is 6.11. The first-order valence-electron chi connectivity index (χ1n) is 8.92. The van der Waals surface area contributed by atoms with Crippen molar-refractivity contribution in [3.63, 3.8) is 0 Å². The molecule has 1 heterocycles. The molecule has 0 radical (unpaired) electrons. The van der Waals surface area contributed by atoms with E-state index in [9.17, 15) is 14.0 Å². The third-order valence-electron chi connectivity index (χ3n) is 5.22. The number of benzene rings is 1. The molecule has 1 saturated carbocycles. The minimum atomic E-state index is -0.745. The number of urea groups is 1. The van der Waals surface area contributed by atoms with Gasteiger partial charge in [-0.05, 0) is 43.9 Å². The second-order valence-electron chi connectivity index (χ2n) is 6.91. The fourth-order valence-electron chi connectivity index (χ4n) is 3.64. The van der Waals surface area contributed by atoms with Gasteiger partial charge in [0.15, 0.2) is 0 Å². The van der Waals surface area contributed by atoms with E-state index in [0.29, 0.717) is 56.9 Å². The Labute approximate surface area is 156 Å². The highest BCUT2D eigenvalue weighted by molar-refractivity contribution is 6.33. The molecule has 0 unspecified atom stereocenters. The zero-order valence-electron chi connectivity index (χ0n) is 14.5. The lowest BCUT2D eigenvalue weighted by atomic mass is 9.86. The summed E-state index contributed by atoms with van der Waals surface area (Å²) in [6, 6.07) is 4.28. The minimum absolute atomic E-state index is 0.0441. The quantitative estimate of drug-likeness (QED) is 0.841. The molecule has 1 aromatic carbocycles. The minimum Gasteiger partial charge on any atom is -0.481 e. The van der Waals surface area contributed by atoms with Crippen molar-refractivity contribution in [2.45, 2.75) is 31.7 Å². The van der Waals surface area contributed by atoms with Crippen LogP contribution in [-0.2, 0) is 4.79 Å². The van der Waals surface area contributed by atoms with Crippen LogP contribution >= 0.6 is 11.6 Å². The monoisotopic (exact) mass is 383 g/mol. The molecule has 2 N–H and O–H groups in total. The second kappa shape index (κ2) is 8.12. The van der Waals surface area contributed by atoms with Gasteiger partial charge >= 0.3 is 12.0 Å². The summed E-state index contributed by atoms with van der Waals surface area (Å²) in [5.74, 6) is -1.40. The van der Waals surface area contributed by atoms with Gasteiger partial charge in [-0.3, -0.25) is 4.79 Å². The van der Waals surface area contributed by atoms with Crippen LogP contribution in [0.15, 0.2) is 18.2 Å². The van der Waals surface area contributed by atoms with Gasteiger partial charge in [-0.15, -0.1) is 0 Å². The molecule has 1 aliphatic heterocycles. The molecule has 1 saturated heterocycles. The maximum Gasteiger partial charge on any atom is 0.317 e. The Bertz CT molecular complexity index is 672. The predicted molar refractivity (Wildman–Crippen MR) is 97.1 cm³/mol. The summed E-state index contributed by atoms with van der Waals surface area (Å²) in [4.78, 5) is 27.2. The molecule has 142 valence electrons. The van der Waals surface area contributed by atoms with E-state index in [-0.39, 0.29) is 23.8 Å². The first kappa shape index (κ1) is 18.8. The van der Waals surface area contributed by atoms with E-state index in [0.717, 1.165) is 5.69 Å². The number of anilines is 1. The summed E-state index contributed by atoms with van der Waals surface area (Å²) in [5, 5.41) is 12.4. The van der Waals surface area contributed by atoms with Crippen LogP contribution in [0, 0.1) is 11.7 Å². The summed E-state index contributed by atoms with van der Waals surface area (Å²) in [6.07, 6.45) is 2.62. The Balaban J connectivity index is 1.47. The molecule has 0 spiro atoms. The number of carboxylic acids is 1. The smallest absolute Gasteiger partial charge is 0.317 e. The normalized spacial score (nSPS) is 23.6. The molecule has 6 nitrogen and oxygen atoms in total. The number of hydrogen-bond acceptors (Lipinski definition) is 3. The number of nitrogens with zero attached hydrogens (tertiary/aromatic N) is 2. The van der Waals surface area contributed by atoms with Crippen molar-refractivity contribution >= 4 is 29.3 Å². The van der Waals surface area contributed by atoms with Crippen molar-refractivity contribution in [1.29, 1.82) is 0 Å². The summed E-state index contributed by atoms with van der Waals surface area (Å²) in [7, 11) is 0.